The Morgan fingerprint density at radius 1 is 0.892 bits per heavy atom. The lowest BCUT2D eigenvalue weighted by molar-refractivity contribution is -0.142. The van der Waals surface area contributed by atoms with Crippen LogP contribution in [0, 0.1) is 0 Å². The molecule has 0 heterocycles. The Morgan fingerprint density at radius 2 is 1.49 bits per heavy atom. The molecule has 0 radical (unpaired) electrons. The average Bonchev–Trinajstić information content (AvgIpc) is 2.79. The van der Waals surface area contributed by atoms with Crippen molar-refractivity contribution in [2.45, 2.75) is 71.7 Å². The summed E-state index contributed by atoms with van der Waals surface area (Å²) in [6.45, 7) is 15.9. The molecule has 37 heavy (non-hydrogen) atoms. The number of para-hydroxylation sites is 1. The van der Waals surface area contributed by atoms with Gasteiger partial charge in [0.15, 0.2) is 0 Å². The largest absolute Gasteiger partial charge is 0.464 e. The quantitative estimate of drug-likeness (QED) is 0.248. The molecule has 0 aliphatic carbocycles. The number of benzene rings is 2. The van der Waals surface area contributed by atoms with Crippen molar-refractivity contribution in [1.29, 1.82) is 0 Å². The maximum absolute atomic E-state index is 12.7. The number of hydrogen-bond donors (Lipinski definition) is 1. The molecular weight excluding hydrogens is 488 g/mol. The Bertz CT molecular complexity index is 1060. The first kappa shape index (κ1) is 30.1. The summed E-state index contributed by atoms with van der Waals surface area (Å²) in [4.78, 5) is 39.0. The van der Waals surface area contributed by atoms with Crippen LogP contribution in [0.1, 0.15) is 57.5 Å². The maximum Gasteiger partial charge on any atom is 0.414 e. The summed E-state index contributed by atoms with van der Waals surface area (Å²) in [6, 6.07) is 15.8. The zero-order valence-corrected chi connectivity index (χ0v) is 24.2. The summed E-state index contributed by atoms with van der Waals surface area (Å²) in [6.07, 6.45) is -0.471. The minimum Gasteiger partial charge on any atom is -0.464 e. The highest BCUT2D eigenvalue weighted by Gasteiger charge is 2.38. The van der Waals surface area contributed by atoms with Crippen LogP contribution in [0.5, 0.6) is 0 Å². The molecule has 1 N–H and O–H groups in total. The number of nitrogens with zero attached hydrogens (tertiary/aromatic N) is 1. The van der Waals surface area contributed by atoms with Crippen molar-refractivity contribution in [3.05, 3.63) is 65.7 Å². The number of rotatable bonds is 9. The van der Waals surface area contributed by atoms with Crippen LogP contribution < -0.4 is 10.4 Å². The first-order valence-corrected chi connectivity index (χ1v) is 15.3. The zero-order valence-electron chi connectivity index (χ0n) is 23.2. The van der Waals surface area contributed by atoms with Gasteiger partial charge in [-0.05, 0) is 68.7 Å². The molecular formula is C28H40N2O6Si. The van der Waals surface area contributed by atoms with Crippen LogP contribution in [0.25, 0.3) is 0 Å². The number of amides is 2. The number of esters is 1. The molecule has 0 bridgehead atoms. The predicted octanol–water partition coefficient (Wildman–Crippen LogP) is 5.88. The van der Waals surface area contributed by atoms with Gasteiger partial charge in [0, 0.05) is 11.3 Å². The van der Waals surface area contributed by atoms with Crippen LogP contribution in [-0.4, -0.2) is 45.0 Å². The van der Waals surface area contributed by atoms with Crippen molar-refractivity contribution in [3.63, 3.8) is 0 Å². The third-order valence-corrected chi connectivity index (χ3v) is 10.3. The summed E-state index contributed by atoms with van der Waals surface area (Å²) >= 11 is 0. The lowest BCUT2D eigenvalue weighted by Crippen LogP contribution is -2.46. The van der Waals surface area contributed by atoms with Crippen molar-refractivity contribution in [2.24, 2.45) is 0 Å². The highest BCUT2D eigenvalue weighted by molar-refractivity contribution is 6.74. The lowest BCUT2D eigenvalue weighted by Gasteiger charge is -2.35. The standard InChI is InChI=1S/C28H40N2O6Si/c1-27(2,3)35-26(33)30(23-12-10-9-11-13-23)18-19-34-24(31)20-21-14-16-22(17-15-21)25(32)29-36-37(7,8)28(4,5)6/h9-17H,18-20H2,1-8H3,(H,29,32). The Hall–Kier alpha value is -3.17. The molecule has 9 heteroatoms. The molecule has 2 amide bonds. The van der Waals surface area contributed by atoms with Crippen molar-refractivity contribution >= 4 is 32.0 Å². The van der Waals surface area contributed by atoms with Crippen LogP contribution in [0.15, 0.2) is 54.6 Å². The topological polar surface area (TPSA) is 94.2 Å². The van der Waals surface area contributed by atoms with E-state index in [0.29, 0.717) is 16.8 Å². The second-order valence-electron chi connectivity index (χ2n) is 11.4. The van der Waals surface area contributed by atoms with Crippen molar-refractivity contribution in [2.75, 3.05) is 18.1 Å². The van der Waals surface area contributed by atoms with Gasteiger partial charge in [-0.15, -0.1) is 0 Å². The number of carbonyl (C=O) groups is 3. The molecule has 0 atom stereocenters. The van der Waals surface area contributed by atoms with Gasteiger partial charge < -0.3 is 14.0 Å². The van der Waals surface area contributed by atoms with E-state index < -0.39 is 26.0 Å². The molecule has 0 aromatic heterocycles. The van der Waals surface area contributed by atoms with E-state index in [1.807, 2.05) is 18.2 Å². The van der Waals surface area contributed by atoms with Crippen molar-refractivity contribution < 1.29 is 28.4 Å². The molecule has 0 saturated heterocycles. The normalized spacial score (nSPS) is 12.0. The number of hydrogen-bond acceptors (Lipinski definition) is 6. The van der Waals surface area contributed by atoms with Gasteiger partial charge >= 0.3 is 12.1 Å². The van der Waals surface area contributed by atoms with Crippen molar-refractivity contribution in [3.8, 4) is 0 Å². The second kappa shape index (κ2) is 12.4. The number of ether oxygens (including phenoxy) is 2. The average molecular weight is 529 g/mol. The molecule has 2 aromatic carbocycles. The van der Waals surface area contributed by atoms with E-state index in [1.165, 1.54) is 4.90 Å². The van der Waals surface area contributed by atoms with Gasteiger partial charge in [-0.3, -0.25) is 14.5 Å². The third kappa shape index (κ3) is 9.66. The van der Waals surface area contributed by atoms with E-state index in [-0.39, 0.29) is 30.5 Å². The van der Waals surface area contributed by atoms with Gasteiger partial charge in [0.05, 0.1) is 13.0 Å². The summed E-state index contributed by atoms with van der Waals surface area (Å²) in [5.74, 6) is -0.766. The van der Waals surface area contributed by atoms with E-state index in [4.69, 9.17) is 14.0 Å². The molecule has 202 valence electrons. The SMILES string of the molecule is CC(C)(C)OC(=O)N(CCOC(=O)Cc1ccc(C(=O)NO[Si](C)(C)C(C)(C)C)cc1)c1ccccc1. The molecule has 0 aliphatic rings. The van der Waals surface area contributed by atoms with E-state index >= 15 is 0 Å². The summed E-state index contributed by atoms with van der Waals surface area (Å²) < 4.78 is 16.7. The minimum absolute atomic E-state index is 0.0122. The fraction of sp³-hybridized carbons (Fsp3) is 0.464. The van der Waals surface area contributed by atoms with Gasteiger partial charge in [-0.2, -0.15) is 0 Å². The fourth-order valence-corrected chi connectivity index (χ4v) is 3.53. The second-order valence-corrected chi connectivity index (χ2v) is 16.1. The summed E-state index contributed by atoms with van der Waals surface area (Å²) in [7, 11) is -2.12. The number of anilines is 1. The first-order chi connectivity index (χ1) is 17.1. The monoisotopic (exact) mass is 528 g/mol. The van der Waals surface area contributed by atoms with E-state index in [0.717, 1.165) is 0 Å². The van der Waals surface area contributed by atoms with Crippen LogP contribution >= 0.6 is 0 Å². The lowest BCUT2D eigenvalue weighted by atomic mass is 10.1. The predicted molar refractivity (Wildman–Crippen MR) is 147 cm³/mol. The minimum atomic E-state index is -2.12. The molecule has 0 saturated carbocycles. The van der Waals surface area contributed by atoms with Crippen LogP contribution in [0.2, 0.25) is 18.1 Å². The van der Waals surface area contributed by atoms with Gasteiger partial charge in [0.2, 0.25) is 8.32 Å². The summed E-state index contributed by atoms with van der Waals surface area (Å²) in [5, 5.41) is -0.0322. The smallest absolute Gasteiger partial charge is 0.414 e. The maximum atomic E-state index is 12.7. The molecule has 2 aromatic rings. The van der Waals surface area contributed by atoms with Gasteiger partial charge in [-0.25, -0.2) is 10.3 Å². The number of hydroxylamine groups is 1. The van der Waals surface area contributed by atoms with Crippen molar-refractivity contribution in [1.82, 2.24) is 5.48 Å². The van der Waals surface area contributed by atoms with E-state index in [2.05, 4.69) is 39.3 Å². The number of carbonyl (C=O) groups excluding carboxylic acids is 3. The Kier molecular flexibility index (Phi) is 10.1. The van der Waals surface area contributed by atoms with E-state index in [9.17, 15) is 14.4 Å². The molecule has 0 aliphatic heterocycles. The van der Waals surface area contributed by atoms with Gasteiger partial charge in [0.25, 0.3) is 5.91 Å². The Balaban J connectivity index is 1.89. The highest BCUT2D eigenvalue weighted by atomic mass is 28.4. The third-order valence-electron chi connectivity index (χ3n) is 6.03. The summed E-state index contributed by atoms with van der Waals surface area (Å²) in [5.41, 5.74) is 3.71. The number of nitrogens with one attached hydrogen (secondary N) is 1. The van der Waals surface area contributed by atoms with Crippen LogP contribution in [0.3, 0.4) is 0 Å². The van der Waals surface area contributed by atoms with Crippen LogP contribution in [-0.2, 0) is 25.2 Å². The highest BCUT2D eigenvalue weighted by Crippen LogP contribution is 2.35. The Morgan fingerprint density at radius 3 is 2.03 bits per heavy atom. The Labute approximate surface area is 221 Å². The first-order valence-electron chi connectivity index (χ1n) is 12.4. The zero-order chi connectivity index (χ0) is 27.9. The molecule has 0 fully saturated rings. The van der Waals surface area contributed by atoms with Gasteiger partial charge in [0.1, 0.15) is 12.2 Å². The fourth-order valence-electron chi connectivity index (χ4n) is 2.88. The molecule has 2 rings (SSSR count). The van der Waals surface area contributed by atoms with Crippen LogP contribution in [0.4, 0.5) is 10.5 Å². The molecule has 0 spiro atoms. The molecule has 0 unspecified atom stereocenters. The van der Waals surface area contributed by atoms with E-state index in [1.54, 1.807) is 57.2 Å². The molecule has 8 nitrogen and oxygen atoms in total. The van der Waals surface area contributed by atoms with Gasteiger partial charge in [-0.1, -0.05) is 51.1 Å².